The lowest BCUT2D eigenvalue weighted by Crippen LogP contribution is -2.48. The number of carboxylic acids is 1. The average molecular weight is 358 g/mol. The van der Waals surface area contributed by atoms with Gasteiger partial charge >= 0.3 is 5.97 Å². The van der Waals surface area contributed by atoms with E-state index in [2.05, 4.69) is 4.90 Å². The molecule has 0 spiro atoms. The molecule has 0 aliphatic carbocycles. The van der Waals surface area contributed by atoms with Gasteiger partial charge in [-0.3, -0.25) is 4.79 Å². The Morgan fingerprint density at radius 2 is 1.73 bits per heavy atom. The molecule has 1 aliphatic rings. The molecule has 0 saturated carbocycles. The molecule has 1 fully saturated rings. The Balaban J connectivity index is 1.67. The Bertz CT molecular complexity index is 832. The summed E-state index contributed by atoms with van der Waals surface area (Å²) in [5, 5.41) is 9.06. The van der Waals surface area contributed by atoms with Gasteiger partial charge in [-0.25, -0.2) is 9.18 Å². The van der Waals surface area contributed by atoms with Gasteiger partial charge in [0.25, 0.3) is 5.91 Å². The average Bonchev–Trinajstić information content (AvgIpc) is 2.68. The van der Waals surface area contributed by atoms with Crippen LogP contribution in [-0.4, -0.2) is 55.2 Å². The van der Waals surface area contributed by atoms with Gasteiger partial charge < -0.3 is 19.6 Å². The molecule has 1 heterocycles. The topological polar surface area (TPSA) is 70.1 Å². The van der Waals surface area contributed by atoms with Crippen molar-refractivity contribution >= 4 is 17.6 Å². The number of carbonyl (C=O) groups excluding carboxylic acids is 1. The summed E-state index contributed by atoms with van der Waals surface area (Å²) in [6.07, 6.45) is 0. The number of hydrogen-bond donors (Lipinski definition) is 1. The first kappa shape index (κ1) is 17.7. The van der Waals surface area contributed by atoms with Crippen LogP contribution in [0.5, 0.6) is 5.75 Å². The van der Waals surface area contributed by atoms with Crippen LogP contribution in [0.25, 0.3) is 0 Å². The molecule has 0 bridgehead atoms. The Hall–Kier alpha value is -3.09. The van der Waals surface area contributed by atoms with E-state index in [4.69, 9.17) is 9.84 Å². The molecule has 6 nitrogen and oxygen atoms in total. The Morgan fingerprint density at radius 3 is 2.38 bits per heavy atom. The van der Waals surface area contributed by atoms with E-state index in [0.29, 0.717) is 31.7 Å². The fourth-order valence-electron chi connectivity index (χ4n) is 2.98. The lowest BCUT2D eigenvalue weighted by atomic mass is 10.1. The van der Waals surface area contributed by atoms with E-state index in [1.54, 1.807) is 29.2 Å². The molecule has 7 heteroatoms. The predicted octanol–water partition coefficient (Wildman–Crippen LogP) is 2.49. The zero-order valence-corrected chi connectivity index (χ0v) is 14.3. The number of carbonyl (C=O) groups is 2. The summed E-state index contributed by atoms with van der Waals surface area (Å²) in [7, 11) is 1.42. The van der Waals surface area contributed by atoms with Crippen molar-refractivity contribution in [1.82, 2.24) is 4.90 Å². The van der Waals surface area contributed by atoms with Gasteiger partial charge in [-0.2, -0.15) is 0 Å². The monoisotopic (exact) mass is 358 g/mol. The van der Waals surface area contributed by atoms with Gasteiger partial charge in [-0.15, -0.1) is 0 Å². The zero-order chi connectivity index (χ0) is 18.7. The van der Waals surface area contributed by atoms with Crippen molar-refractivity contribution in [2.24, 2.45) is 0 Å². The number of ether oxygens (including phenoxy) is 1. The molecule has 0 unspecified atom stereocenters. The van der Waals surface area contributed by atoms with E-state index in [9.17, 15) is 14.0 Å². The summed E-state index contributed by atoms with van der Waals surface area (Å²) in [6, 6.07) is 10.7. The fraction of sp³-hybridized carbons (Fsp3) is 0.263. The normalized spacial score (nSPS) is 14.2. The van der Waals surface area contributed by atoms with E-state index in [0.717, 1.165) is 5.69 Å². The van der Waals surface area contributed by atoms with Gasteiger partial charge in [0.1, 0.15) is 0 Å². The van der Waals surface area contributed by atoms with Crippen LogP contribution in [0.2, 0.25) is 0 Å². The molecule has 2 aromatic rings. The van der Waals surface area contributed by atoms with Gasteiger partial charge in [-0.1, -0.05) is 6.07 Å². The highest BCUT2D eigenvalue weighted by atomic mass is 19.1. The van der Waals surface area contributed by atoms with E-state index >= 15 is 0 Å². The van der Waals surface area contributed by atoms with Crippen molar-refractivity contribution in [1.29, 1.82) is 0 Å². The van der Waals surface area contributed by atoms with E-state index in [-0.39, 0.29) is 17.2 Å². The van der Waals surface area contributed by atoms with Crippen molar-refractivity contribution in [2.75, 3.05) is 38.2 Å². The van der Waals surface area contributed by atoms with Crippen molar-refractivity contribution in [2.45, 2.75) is 0 Å². The minimum atomic E-state index is -1.06. The van der Waals surface area contributed by atoms with Crippen LogP contribution in [0.3, 0.4) is 0 Å². The standard InChI is InChI=1S/C19H19FN2O4/c1-26-17-12-15(5-6-16(17)20)21-7-9-22(10-8-21)18(23)13-3-2-4-14(11-13)19(24)25/h2-6,11-12H,7-10H2,1H3,(H,24,25). The number of methoxy groups -OCH3 is 1. The van der Waals surface area contributed by atoms with Crippen LogP contribution in [0, 0.1) is 5.82 Å². The first-order valence-corrected chi connectivity index (χ1v) is 8.20. The quantitative estimate of drug-likeness (QED) is 0.909. The number of nitrogens with zero attached hydrogens (tertiary/aromatic N) is 2. The summed E-state index contributed by atoms with van der Waals surface area (Å²) in [4.78, 5) is 27.4. The van der Waals surface area contributed by atoms with Crippen molar-refractivity contribution in [3.8, 4) is 5.75 Å². The third-order valence-corrected chi connectivity index (χ3v) is 4.42. The molecule has 26 heavy (non-hydrogen) atoms. The Morgan fingerprint density at radius 1 is 1.04 bits per heavy atom. The Kier molecular flexibility index (Phi) is 5.06. The maximum Gasteiger partial charge on any atom is 0.335 e. The van der Waals surface area contributed by atoms with Crippen LogP contribution in [0.4, 0.5) is 10.1 Å². The summed E-state index contributed by atoms with van der Waals surface area (Å²) < 4.78 is 18.6. The second kappa shape index (κ2) is 7.43. The van der Waals surface area contributed by atoms with E-state index < -0.39 is 11.8 Å². The van der Waals surface area contributed by atoms with E-state index in [1.165, 1.54) is 25.3 Å². The minimum Gasteiger partial charge on any atom is -0.494 e. The number of halogens is 1. The van der Waals surface area contributed by atoms with Crippen molar-refractivity contribution < 1.29 is 23.8 Å². The first-order chi connectivity index (χ1) is 12.5. The lowest BCUT2D eigenvalue weighted by molar-refractivity contribution is 0.0697. The molecule has 0 atom stereocenters. The number of amides is 1. The Labute approximate surface area is 150 Å². The molecule has 0 radical (unpaired) electrons. The largest absolute Gasteiger partial charge is 0.494 e. The molecule has 1 amide bonds. The van der Waals surface area contributed by atoms with Crippen molar-refractivity contribution in [3.63, 3.8) is 0 Å². The molecule has 3 rings (SSSR count). The second-order valence-electron chi connectivity index (χ2n) is 5.98. The molecule has 136 valence electrons. The molecule has 1 N–H and O–H groups in total. The number of benzene rings is 2. The van der Waals surface area contributed by atoms with Crippen molar-refractivity contribution in [3.05, 3.63) is 59.4 Å². The highest BCUT2D eigenvalue weighted by Crippen LogP contribution is 2.25. The van der Waals surface area contributed by atoms with Gasteiger partial charge in [0.15, 0.2) is 11.6 Å². The molecule has 2 aromatic carbocycles. The van der Waals surface area contributed by atoms with Crippen LogP contribution >= 0.6 is 0 Å². The molecular weight excluding hydrogens is 339 g/mol. The first-order valence-electron chi connectivity index (χ1n) is 8.20. The summed E-state index contributed by atoms with van der Waals surface area (Å²) >= 11 is 0. The number of hydrogen-bond acceptors (Lipinski definition) is 4. The van der Waals surface area contributed by atoms with Crippen LogP contribution < -0.4 is 9.64 Å². The number of carboxylic acid groups (broad SMARTS) is 1. The third kappa shape index (κ3) is 3.61. The SMILES string of the molecule is COc1cc(N2CCN(C(=O)c3cccc(C(=O)O)c3)CC2)ccc1F. The highest BCUT2D eigenvalue weighted by Gasteiger charge is 2.23. The molecule has 1 aliphatic heterocycles. The van der Waals surface area contributed by atoms with Gasteiger partial charge in [0.2, 0.25) is 0 Å². The van der Waals surface area contributed by atoms with Crippen LogP contribution in [-0.2, 0) is 0 Å². The summed E-state index contributed by atoms with van der Waals surface area (Å²) in [5.74, 6) is -1.48. The predicted molar refractivity (Wildman–Crippen MR) is 94.5 cm³/mol. The summed E-state index contributed by atoms with van der Waals surface area (Å²) in [5.41, 5.74) is 1.29. The van der Waals surface area contributed by atoms with Crippen LogP contribution in [0.1, 0.15) is 20.7 Å². The third-order valence-electron chi connectivity index (χ3n) is 4.42. The summed E-state index contributed by atoms with van der Waals surface area (Å²) in [6.45, 7) is 2.18. The van der Waals surface area contributed by atoms with Gasteiger partial charge in [-0.05, 0) is 30.3 Å². The van der Waals surface area contributed by atoms with Crippen LogP contribution in [0.15, 0.2) is 42.5 Å². The fourth-order valence-corrected chi connectivity index (χ4v) is 2.98. The van der Waals surface area contributed by atoms with Gasteiger partial charge in [0, 0.05) is 43.5 Å². The second-order valence-corrected chi connectivity index (χ2v) is 5.98. The molecular formula is C19H19FN2O4. The smallest absolute Gasteiger partial charge is 0.335 e. The van der Waals surface area contributed by atoms with E-state index in [1.807, 2.05) is 0 Å². The number of aromatic carboxylic acids is 1. The number of rotatable bonds is 4. The maximum absolute atomic E-state index is 13.5. The highest BCUT2D eigenvalue weighted by molar-refractivity contribution is 5.97. The molecule has 0 aromatic heterocycles. The van der Waals surface area contributed by atoms with Gasteiger partial charge in [0.05, 0.1) is 12.7 Å². The zero-order valence-electron chi connectivity index (χ0n) is 14.3. The molecule has 1 saturated heterocycles. The number of piperazine rings is 1. The maximum atomic E-state index is 13.5. The minimum absolute atomic E-state index is 0.0906. The number of anilines is 1. The lowest BCUT2D eigenvalue weighted by Gasteiger charge is -2.36.